The summed E-state index contributed by atoms with van der Waals surface area (Å²) >= 11 is 0. The van der Waals surface area contributed by atoms with E-state index in [4.69, 9.17) is 14.2 Å². The van der Waals surface area contributed by atoms with Gasteiger partial charge in [-0.05, 0) is 91.3 Å². The Bertz CT molecular complexity index is 1970. The molecule has 5 aromatic rings. The zero-order valence-electron chi connectivity index (χ0n) is 31.7. The van der Waals surface area contributed by atoms with Gasteiger partial charge in [-0.3, -0.25) is 14.9 Å². The average Bonchev–Trinajstić information content (AvgIpc) is 3.55. The van der Waals surface area contributed by atoms with Gasteiger partial charge in [0.1, 0.15) is 30.0 Å². The molecule has 1 heterocycles. The highest BCUT2D eigenvalue weighted by Gasteiger charge is 2.41. The number of carbonyl (C=O) groups is 2. The molecule has 7 nitrogen and oxygen atoms in total. The van der Waals surface area contributed by atoms with Crippen LogP contribution in [0, 0.1) is 24.6 Å². The van der Waals surface area contributed by atoms with Crippen LogP contribution in [0.2, 0.25) is 0 Å². The number of nitrogens with one attached hydrogen (secondary N) is 1. The zero-order valence-corrected chi connectivity index (χ0v) is 31.7. The normalized spacial score (nSPS) is 18.0. The second-order valence-corrected chi connectivity index (χ2v) is 14.9. The summed E-state index contributed by atoms with van der Waals surface area (Å²) in [6.07, 6.45) is 3.92. The van der Waals surface area contributed by atoms with E-state index in [0.29, 0.717) is 42.0 Å². The third-order valence-corrected chi connectivity index (χ3v) is 11.4. The number of fused-ring (bicyclic) bond motifs is 1. The quantitative estimate of drug-likeness (QED) is 0.0906. The highest BCUT2D eigenvalue weighted by atomic mass is 19.1. The van der Waals surface area contributed by atoms with Gasteiger partial charge < -0.3 is 19.1 Å². The third-order valence-electron chi connectivity index (χ3n) is 11.4. The van der Waals surface area contributed by atoms with Gasteiger partial charge in [0.25, 0.3) is 5.91 Å². The molecule has 0 radical (unpaired) electrons. The van der Waals surface area contributed by atoms with Crippen LogP contribution >= 0.6 is 0 Å². The van der Waals surface area contributed by atoms with E-state index in [-0.39, 0.29) is 30.0 Å². The standard InChI is InChI=1S/C47H49FN2O5/c1-32-22-25-36-30-50(45(51)43(36)44(32)48)29-34-23-26-35(27-24-34)33(2)55-41-21-13-20-40(28-41)54-31-42(46(52)53-3)49-47(37-14-7-4-8-15-37,38-16-9-5-10-17-38)39-18-11-6-12-19-39/h4-22,25,28,33-35,42,49H,23-24,26-27,29-31H2,1-3H3/t33?,34?,35?,42-/m0/s1. The summed E-state index contributed by atoms with van der Waals surface area (Å²) in [5, 5.41) is 3.70. The number of esters is 1. The summed E-state index contributed by atoms with van der Waals surface area (Å²) in [5.74, 6) is 1.01. The number of nitrogens with zero attached hydrogens (tertiary/aromatic N) is 1. The minimum atomic E-state index is -0.891. The van der Waals surface area contributed by atoms with Gasteiger partial charge in [0.15, 0.2) is 0 Å². The molecule has 0 aromatic heterocycles. The first kappa shape index (κ1) is 37.8. The minimum absolute atomic E-state index is 0.0147. The predicted octanol–water partition coefficient (Wildman–Crippen LogP) is 8.87. The number of ether oxygens (including phenoxy) is 3. The van der Waals surface area contributed by atoms with Gasteiger partial charge >= 0.3 is 5.97 Å². The molecule has 55 heavy (non-hydrogen) atoms. The Hall–Kier alpha value is -5.47. The molecule has 1 aliphatic heterocycles. The van der Waals surface area contributed by atoms with Crippen LogP contribution < -0.4 is 14.8 Å². The molecule has 1 unspecified atom stereocenters. The minimum Gasteiger partial charge on any atom is -0.491 e. The molecule has 8 heteroatoms. The Morgan fingerprint density at radius 3 is 1.98 bits per heavy atom. The fourth-order valence-electron chi connectivity index (χ4n) is 8.33. The van der Waals surface area contributed by atoms with Gasteiger partial charge in [0, 0.05) is 19.2 Å². The summed E-state index contributed by atoms with van der Waals surface area (Å²) in [5.41, 5.74) is 3.57. The van der Waals surface area contributed by atoms with E-state index in [1.165, 1.54) is 7.11 Å². The molecular weight excluding hydrogens is 692 g/mol. The third kappa shape index (κ3) is 8.15. The lowest BCUT2D eigenvalue weighted by molar-refractivity contribution is -0.144. The number of halogens is 1. The highest BCUT2D eigenvalue weighted by molar-refractivity contribution is 5.98. The van der Waals surface area contributed by atoms with Crippen molar-refractivity contribution in [1.29, 1.82) is 0 Å². The van der Waals surface area contributed by atoms with Crippen molar-refractivity contribution < 1.29 is 28.2 Å². The molecule has 7 rings (SSSR count). The zero-order chi connectivity index (χ0) is 38.4. The summed E-state index contributed by atoms with van der Waals surface area (Å²) in [4.78, 5) is 28.3. The summed E-state index contributed by atoms with van der Waals surface area (Å²) in [7, 11) is 1.39. The molecule has 2 aliphatic rings. The Morgan fingerprint density at radius 1 is 0.818 bits per heavy atom. The van der Waals surface area contributed by atoms with Crippen LogP contribution in [-0.4, -0.2) is 49.2 Å². The van der Waals surface area contributed by atoms with Gasteiger partial charge in [-0.25, -0.2) is 4.39 Å². The number of benzene rings is 5. The van der Waals surface area contributed by atoms with E-state index in [1.807, 2.05) is 89.8 Å². The van der Waals surface area contributed by atoms with Crippen molar-refractivity contribution in [2.75, 3.05) is 20.3 Å². The monoisotopic (exact) mass is 740 g/mol. The first-order chi connectivity index (χ1) is 26.8. The SMILES string of the molecule is COC(=O)[C@H](COc1cccc(OC(C)C2CCC(CN3Cc4ccc(C)c(F)c4C3=O)CC2)c1)NC(c1ccccc1)(c1ccccc1)c1ccccc1. The Kier molecular flexibility index (Phi) is 11.6. The first-order valence-corrected chi connectivity index (χ1v) is 19.3. The van der Waals surface area contributed by atoms with E-state index < -0.39 is 17.6 Å². The number of aryl methyl sites for hydroxylation is 1. The topological polar surface area (TPSA) is 77.1 Å². The summed E-state index contributed by atoms with van der Waals surface area (Å²) in [6, 6.07) is 40.7. The lowest BCUT2D eigenvalue weighted by Gasteiger charge is -2.39. The molecule has 1 amide bonds. The highest BCUT2D eigenvalue weighted by Crippen LogP contribution is 2.38. The van der Waals surface area contributed by atoms with Gasteiger partial charge in [-0.2, -0.15) is 0 Å². The number of carbonyl (C=O) groups excluding carboxylic acids is 2. The molecule has 0 bridgehead atoms. The maximum absolute atomic E-state index is 14.7. The number of methoxy groups -OCH3 is 1. The van der Waals surface area contributed by atoms with Gasteiger partial charge in [0.2, 0.25) is 0 Å². The van der Waals surface area contributed by atoms with Crippen LogP contribution in [0.5, 0.6) is 11.5 Å². The molecular formula is C47H49FN2O5. The number of amides is 1. The lowest BCUT2D eigenvalue weighted by atomic mass is 9.76. The second kappa shape index (κ2) is 16.9. The van der Waals surface area contributed by atoms with Crippen molar-refractivity contribution in [2.24, 2.45) is 11.8 Å². The van der Waals surface area contributed by atoms with Gasteiger partial charge in [0.05, 0.1) is 24.3 Å². The largest absolute Gasteiger partial charge is 0.491 e. The Balaban J connectivity index is 1.000. The van der Waals surface area contributed by atoms with Gasteiger partial charge in [-0.1, -0.05) is 109 Å². The smallest absolute Gasteiger partial charge is 0.326 e. The number of hydrogen-bond donors (Lipinski definition) is 1. The van der Waals surface area contributed by atoms with Crippen molar-refractivity contribution in [3.05, 3.63) is 167 Å². The molecule has 1 N–H and O–H groups in total. The van der Waals surface area contributed by atoms with Crippen LogP contribution in [-0.2, 0) is 21.6 Å². The van der Waals surface area contributed by atoms with Crippen molar-refractivity contribution in [3.8, 4) is 11.5 Å². The fraction of sp³-hybridized carbons (Fsp3) is 0.319. The molecule has 0 saturated heterocycles. The molecule has 2 atom stereocenters. The summed E-state index contributed by atoms with van der Waals surface area (Å²) in [6.45, 7) is 4.96. The molecule has 1 saturated carbocycles. The van der Waals surface area contributed by atoms with Crippen LogP contribution in [0.3, 0.4) is 0 Å². The molecule has 1 aliphatic carbocycles. The van der Waals surface area contributed by atoms with Crippen molar-refractivity contribution in [3.63, 3.8) is 0 Å². The fourth-order valence-corrected chi connectivity index (χ4v) is 8.33. The Labute approximate surface area is 323 Å². The molecule has 5 aromatic carbocycles. The van der Waals surface area contributed by atoms with Crippen molar-refractivity contribution in [1.82, 2.24) is 10.2 Å². The number of hydrogen-bond acceptors (Lipinski definition) is 6. The average molecular weight is 741 g/mol. The molecule has 1 fully saturated rings. The molecule has 284 valence electrons. The van der Waals surface area contributed by atoms with Crippen LogP contribution in [0.15, 0.2) is 127 Å². The lowest BCUT2D eigenvalue weighted by Crippen LogP contribution is -2.55. The summed E-state index contributed by atoms with van der Waals surface area (Å²) < 4.78 is 32.9. The van der Waals surface area contributed by atoms with E-state index in [0.717, 1.165) is 47.9 Å². The Morgan fingerprint density at radius 2 is 1.40 bits per heavy atom. The van der Waals surface area contributed by atoms with Crippen LogP contribution in [0.4, 0.5) is 4.39 Å². The van der Waals surface area contributed by atoms with Crippen molar-refractivity contribution in [2.45, 2.75) is 63.8 Å². The van der Waals surface area contributed by atoms with Crippen LogP contribution in [0.25, 0.3) is 0 Å². The maximum Gasteiger partial charge on any atom is 0.326 e. The van der Waals surface area contributed by atoms with Crippen LogP contribution in [0.1, 0.15) is 70.8 Å². The number of rotatable bonds is 14. The van der Waals surface area contributed by atoms with E-state index in [1.54, 1.807) is 13.0 Å². The maximum atomic E-state index is 14.7. The predicted molar refractivity (Wildman–Crippen MR) is 212 cm³/mol. The van der Waals surface area contributed by atoms with E-state index >= 15 is 0 Å². The first-order valence-electron chi connectivity index (χ1n) is 19.3. The second-order valence-electron chi connectivity index (χ2n) is 14.9. The molecule has 0 spiro atoms. The van der Waals surface area contributed by atoms with Crippen molar-refractivity contribution >= 4 is 11.9 Å². The van der Waals surface area contributed by atoms with E-state index in [2.05, 4.69) is 48.6 Å². The van der Waals surface area contributed by atoms with Gasteiger partial charge in [-0.15, -0.1) is 0 Å². The van der Waals surface area contributed by atoms with E-state index in [9.17, 15) is 14.0 Å².